The van der Waals surface area contributed by atoms with E-state index in [1.807, 2.05) is 0 Å². The number of H-pyrrole nitrogens is 1. The van der Waals surface area contributed by atoms with Crippen LogP contribution in [-0.4, -0.2) is 58.9 Å². The number of aromatic amines is 1. The molecule has 1 aliphatic rings. The number of hydrogen-bond donors (Lipinski definition) is 1. The summed E-state index contributed by atoms with van der Waals surface area (Å²) in [4.78, 5) is 49.5. The van der Waals surface area contributed by atoms with Crippen molar-refractivity contribution in [3.8, 4) is 0 Å². The van der Waals surface area contributed by atoms with Crippen LogP contribution < -0.4 is 16.1 Å². The van der Waals surface area contributed by atoms with Crippen LogP contribution in [0.2, 0.25) is 0 Å². The van der Waals surface area contributed by atoms with Gasteiger partial charge in [0.2, 0.25) is 0 Å². The number of phosphoric ester groups is 1. The standard InChI is InChI=1S/C24H39N2O8P.C16H36N/c1-3-4-5-6-7-8-9-10-11-12-13-14-22(27)34-35(30,31)32-18-20-15-16-21(33-20)26-17-19(2)23(28)25-24(26)29;1-5-9-13-17(14-10-6-2,15-11-7-3)16-12-8-4/h15-17,20-21H,3-14,18H2,1-2H3,(H,30,31)(H,25,28,29);5-16H2,1-4H3/q;+1/p-1/t20-,21+;/m0./s1. The van der Waals surface area contributed by atoms with Gasteiger partial charge in [-0.3, -0.25) is 23.7 Å². The van der Waals surface area contributed by atoms with E-state index in [1.165, 1.54) is 144 Å². The molecule has 1 aromatic rings. The third kappa shape index (κ3) is 21.0. The van der Waals surface area contributed by atoms with Gasteiger partial charge in [0.1, 0.15) is 6.10 Å². The predicted molar refractivity (Wildman–Crippen MR) is 209 cm³/mol. The molecule has 0 saturated carbocycles. The predicted octanol–water partition coefficient (Wildman–Crippen LogP) is 9.03. The van der Waals surface area contributed by atoms with Gasteiger partial charge in [0.25, 0.3) is 5.56 Å². The molecule has 0 saturated heterocycles. The van der Waals surface area contributed by atoms with Crippen LogP contribution in [0.15, 0.2) is 27.9 Å². The molecule has 12 heteroatoms. The first-order valence-corrected chi connectivity index (χ1v) is 22.1. The maximum atomic E-state index is 12.0. The number of nitrogens with zero attached hydrogens (tertiary/aromatic N) is 2. The van der Waals surface area contributed by atoms with Crippen molar-refractivity contribution in [2.24, 2.45) is 0 Å². The summed E-state index contributed by atoms with van der Waals surface area (Å²) in [6.45, 7) is 18.4. The van der Waals surface area contributed by atoms with Crippen molar-refractivity contribution in [3.05, 3.63) is 44.8 Å². The minimum Gasteiger partial charge on any atom is -0.746 e. The van der Waals surface area contributed by atoms with E-state index in [2.05, 4.69) is 44.1 Å². The van der Waals surface area contributed by atoms with Crippen molar-refractivity contribution in [1.29, 1.82) is 0 Å². The molecule has 1 aliphatic heterocycles. The van der Waals surface area contributed by atoms with E-state index in [1.54, 1.807) is 13.0 Å². The van der Waals surface area contributed by atoms with Crippen molar-refractivity contribution in [3.63, 3.8) is 0 Å². The van der Waals surface area contributed by atoms with E-state index < -0.39 is 44.0 Å². The molecule has 302 valence electrons. The highest BCUT2D eigenvalue weighted by molar-refractivity contribution is 7.46. The fraction of sp³-hybridized carbons (Fsp3) is 0.825. The van der Waals surface area contributed by atoms with Gasteiger partial charge >= 0.3 is 19.5 Å². The minimum absolute atomic E-state index is 0.0169. The number of carbonyl (C=O) groups excluding carboxylic acids is 1. The minimum atomic E-state index is -4.83. The maximum Gasteiger partial charge on any atom is 0.330 e. The molecule has 11 nitrogen and oxygen atoms in total. The van der Waals surface area contributed by atoms with Gasteiger partial charge in [-0.15, -0.1) is 0 Å². The summed E-state index contributed by atoms with van der Waals surface area (Å²) in [7, 11) is -4.83. The first-order valence-electron chi connectivity index (χ1n) is 20.6. The molecule has 0 amide bonds. The Morgan fingerprint density at radius 3 is 1.71 bits per heavy atom. The van der Waals surface area contributed by atoms with Crippen molar-refractivity contribution < 1.29 is 32.5 Å². The summed E-state index contributed by atoms with van der Waals surface area (Å²) in [5.41, 5.74) is -0.812. The number of aromatic nitrogens is 2. The van der Waals surface area contributed by atoms with E-state index in [0.717, 1.165) is 19.3 Å². The molecule has 0 fully saturated rings. The summed E-state index contributed by atoms with van der Waals surface area (Å²) < 4.78 is 29.4. The van der Waals surface area contributed by atoms with Crippen LogP contribution in [-0.2, 0) is 23.1 Å². The second-order valence-corrected chi connectivity index (χ2v) is 15.9. The highest BCUT2D eigenvalue weighted by Crippen LogP contribution is 2.39. The van der Waals surface area contributed by atoms with Crippen LogP contribution in [0.3, 0.4) is 0 Å². The molecule has 0 bridgehead atoms. The first-order chi connectivity index (χ1) is 25.0. The largest absolute Gasteiger partial charge is 0.746 e. The molecule has 3 atom stereocenters. The number of aryl methyl sites for hydroxylation is 1. The van der Waals surface area contributed by atoms with Crippen LogP contribution in [0.25, 0.3) is 0 Å². The molecule has 0 aromatic carbocycles. The van der Waals surface area contributed by atoms with Crippen LogP contribution in [0, 0.1) is 6.92 Å². The zero-order valence-corrected chi connectivity index (χ0v) is 34.6. The fourth-order valence-corrected chi connectivity index (χ4v) is 7.18. The van der Waals surface area contributed by atoms with Gasteiger partial charge in [0, 0.05) is 18.2 Å². The van der Waals surface area contributed by atoms with E-state index >= 15 is 0 Å². The van der Waals surface area contributed by atoms with E-state index in [-0.39, 0.29) is 6.42 Å². The van der Waals surface area contributed by atoms with Gasteiger partial charge in [-0.1, -0.05) is 131 Å². The third-order valence-electron chi connectivity index (χ3n) is 9.76. The molecular formula is C40H74N3O8P. The highest BCUT2D eigenvalue weighted by Gasteiger charge is 2.26. The molecular weight excluding hydrogens is 681 g/mol. The Kier molecular flexibility index (Phi) is 26.2. The van der Waals surface area contributed by atoms with Crippen molar-refractivity contribution >= 4 is 13.8 Å². The lowest BCUT2D eigenvalue weighted by atomic mass is 10.1. The molecule has 1 aromatic heterocycles. The third-order valence-corrected chi connectivity index (χ3v) is 10.7. The van der Waals surface area contributed by atoms with Gasteiger partial charge in [0.15, 0.2) is 6.23 Å². The van der Waals surface area contributed by atoms with Crippen LogP contribution in [0.4, 0.5) is 0 Å². The molecule has 52 heavy (non-hydrogen) atoms. The zero-order valence-electron chi connectivity index (χ0n) is 33.7. The smallest absolute Gasteiger partial charge is 0.330 e. The Balaban J connectivity index is 0.000000669. The van der Waals surface area contributed by atoms with Crippen molar-refractivity contribution in [2.75, 3.05) is 32.8 Å². The van der Waals surface area contributed by atoms with Crippen molar-refractivity contribution in [2.45, 2.75) is 182 Å². The number of nitrogens with one attached hydrogen (secondary N) is 1. The van der Waals surface area contributed by atoms with Gasteiger partial charge in [0.05, 0.1) is 32.8 Å². The summed E-state index contributed by atoms with van der Waals surface area (Å²) in [5.74, 6) is -0.838. The van der Waals surface area contributed by atoms with E-state index in [0.29, 0.717) is 12.0 Å². The monoisotopic (exact) mass is 756 g/mol. The van der Waals surface area contributed by atoms with Gasteiger partial charge < -0.3 is 23.2 Å². The van der Waals surface area contributed by atoms with E-state index in [4.69, 9.17) is 9.26 Å². The number of hydrogen-bond acceptors (Lipinski definition) is 8. The lowest BCUT2D eigenvalue weighted by molar-refractivity contribution is -0.929. The van der Waals surface area contributed by atoms with Crippen LogP contribution in [0.5, 0.6) is 0 Å². The topological polar surface area (TPSA) is 140 Å². The molecule has 0 spiro atoms. The number of ether oxygens (including phenoxy) is 1. The average Bonchev–Trinajstić information content (AvgIpc) is 3.60. The summed E-state index contributed by atoms with van der Waals surface area (Å²) in [5, 5.41) is 0. The second kappa shape index (κ2) is 28.4. The molecule has 0 aliphatic carbocycles. The molecule has 0 radical (unpaired) electrons. The zero-order chi connectivity index (χ0) is 38.7. The first kappa shape index (κ1) is 48.0. The number of quaternary nitrogens is 1. The number of phosphoric acid groups is 1. The quantitative estimate of drug-likeness (QED) is 0.0370. The van der Waals surface area contributed by atoms with Crippen molar-refractivity contribution in [1.82, 2.24) is 9.55 Å². The molecule has 2 rings (SSSR count). The second-order valence-electron chi connectivity index (χ2n) is 14.6. The highest BCUT2D eigenvalue weighted by atomic mass is 31.2. The van der Waals surface area contributed by atoms with Gasteiger partial charge in [-0.2, -0.15) is 0 Å². The van der Waals surface area contributed by atoms with E-state index in [9.17, 15) is 23.8 Å². The maximum absolute atomic E-state index is 12.0. The average molecular weight is 756 g/mol. The Morgan fingerprint density at radius 2 is 1.23 bits per heavy atom. The lowest BCUT2D eigenvalue weighted by Crippen LogP contribution is -2.50. The SMILES string of the molecule is CCCCCCCCCCCCCC(=O)OP(=O)([O-])OC[C@@H]1C=C[C@H](n2cc(C)c(=O)[nH]c2=O)O1.CCCC[N+](CCCC)(CCCC)CCCC. The number of carbonyl (C=O) groups is 1. The fourth-order valence-electron chi connectivity index (χ4n) is 6.46. The molecule has 1 N–H and O–H groups in total. The number of rotatable bonds is 29. The Labute approximate surface area is 315 Å². The summed E-state index contributed by atoms with van der Waals surface area (Å²) in [6.07, 6.45) is 26.4. The lowest BCUT2D eigenvalue weighted by Gasteiger charge is -2.39. The normalized spacial score (nSPS) is 16.8. The van der Waals surface area contributed by atoms with Crippen LogP contribution in [0.1, 0.15) is 175 Å². The number of unbranched alkanes of at least 4 members (excludes halogenated alkanes) is 14. The molecule has 2 heterocycles. The van der Waals surface area contributed by atoms with Crippen LogP contribution >= 0.6 is 7.82 Å². The molecule has 1 unspecified atom stereocenters. The van der Waals surface area contributed by atoms with Gasteiger partial charge in [-0.25, -0.2) is 4.79 Å². The summed E-state index contributed by atoms with van der Waals surface area (Å²) >= 11 is 0. The Morgan fingerprint density at radius 1 is 0.769 bits per heavy atom. The Bertz CT molecular complexity index is 1240. The summed E-state index contributed by atoms with van der Waals surface area (Å²) in [6, 6.07) is 0. The Hall–Kier alpha value is -2.04. The van der Waals surface area contributed by atoms with Gasteiger partial charge in [-0.05, 0) is 45.1 Å².